The monoisotopic (exact) mass is 818 g/mol. The molecule has 3 aromatic heterocycles. The Morgan fingerprint density at radius 1 is 0.266 bits per heavy atom. The van der Waals surface area contributed by atoms with Crippen LogP contribution in [0.4, 0.5) is 17.1 Å². The molecule has 3 heterocycles. The summed E-state index contributed by atoms with van der Waals surface area (Å²) >= 11 is 0. The molecule has 0 atom stereocenters. The Labute approximate surface area is 369 Å². The quantitative estimate of drug-likeness (QED) is 0.161. The first-order valence-electron chi connectivity index (χ1n) is 21.7. The standard InChI is InChI=1S/C60H38N2O2/c1-2-14-45(15-3-1)62-55-21-7-4-18-49(55)52-36-43(26-31-56(52)62)40-12-10-16-47(34-40)61(46-29-24-39(25-30-46)42-27-32-59-53(37-42)50-19-5-8-22-57(50)63-59)48-17-11-13-41(35-48)44-28-33-60-54(38-44)51-20-6-9-23-58(51)64-60/h1-38H. The smallest absolute Gasteiger partial charge is 0.135 e. The molecule has 0 saturated carbocycles. The van der Waals surface area contributed by atoms with Crippen molar-refractivity contribution >= 4 is 82.7 Å². The van der Waals surface area contributed by atoms with E-state index in [1.54, 1.807) is 0 Å². The number of hydrogen-bond acceptors (Lipinski definition) is 3. The molecule has 0 unspecified atom stereocenters. The Kier molecular flexibility index (Phi) is 8.18. The minimum atomic E-state index is 0.891. The van der Waals surface area contributed by atoms with Crippen LogP contribution in [-0.4, -0.2) is 4.57 Å². The molecule has 0 spiro atoms. The van der Waals surface area contributed by atoms with E-state index in [1.807, 2.05) is 24.3 Å². The second-order valence-electron chi connectivity index (χ2n) is 16.5. The summed E-state index contributed by atoms with van der Waals surface area (Å²) in [5.74, 6) is 0. The highest BCUT2D eigenvalue weighted by atomic mass is 16.3. The fourth-order valence-corrected chi connectivity index (χ4v) is 9.72. The molecule has 0 aliphatic heterocycles. The van der Waals surface area contributed by atoms with Gasteiger partial charge in [0, 0.05) is 55.1 Å². The lowest BCUT2D eigenvalue weighted by Crippen LogP contribution is -2.10. The SMILES string of the molecule is c1ccc(-n2c3ccccc3c3cc(-c4cccc(N(c5ccc(-c6ccc7oc8ccccc8c7c6)cc5)c5cccc(-c6ccc7oc8ccccc8c7c6)c5)c4)ccc32)cc1. The third-order valence-electron chi connectivity index (χ3n) is 12.8. The van der Waals surface area contributed by atoms with Gasteiger partial charge >= 0.3 is 0 Å². The number of aromatic nitrogens is 1. The summed E-state index contributed by atoms with van der Waals surface area (Å²) in [5, 5.41) is 6.95. The van der Waals surface area contributed by atoms with Crippen molar-refractivity contribution in [1.29, 1.82) is 0 Å². The van der Waals surface area contributed by atoms with Crippen LogP contribution >= 0.6 is 0 Å². The molecule has 0 fully saturated rings. The van der Waals surface area contributed by atoms with Crippen molar-refractivity contribution < 1.29 is 8.83 Å². The number of rotatable bonds is 7. The third-order valence-corrected chi connectivity index (χ3v) is 12.8. The number of anilines is 3. The molecule has 0 radical (unpaired) electrons. The summed E-state index contributed by atoms with van der Waals surface area (Å²) in [6.45, 7) is 0. The van der Waals surface area contributed by atoms with E-state index >= 15 is 0 Å². The first-order valence-corrected chi connectivity index (χ1v) is 21.7. The molecule has 0 bridgehead atoms. The van der Waals surface area contributed by atoms with Crippen LogP contribution in [0.3, 0.4) is 0 Å². The zero-order valence-electron chi connectivity index (χ0n) is 34.7. The largest absolute Gasteiger partial charge is 0.456 e. The summed E-state index contributed by atoms with van der Waals surface area (Å²) in [4.78, 5) is 2.37. The molecule has 4 nitrogen and oxygen atoms in total. The van der Waals surface area contributed by atoms with Gasteiger partial charge < -0.3 is 18.3 Å². The lowest BCUT2D eigenvalue weighted by atomic mass is 10.00. The van der Waals surface area contributed by atoms with Gasteiger partial charge in [-0.2, -0.15) is 0 Å². The van der Waals surface area contributed by atoms with Gasteiger partial charge in [0.2, 0.25) is 0 Å². The summed E-state index contributed by atoms with van der Waals surface area (Å²) in [6, 6.07) is 82.4. The first kappa shape index (κ1) is 36.1. The van der Waals surface area contributed by atoms with Gasteiger partial charge in [0.25, 0.3) is 0 Å². The van der Waals surface area contributed by atoms with Crippen molar-refractivity contribution in [2.24, 2.45) is 0 Å². The van der Waals surface area contributed by atoms with Gasteiger partial charge in [-0.05, 0) is 137 Å². The van der Waals surface area contributed by atoms with E-state index in [-0.39, 0.29) is 0 Å². The predicted octanol–water partition coefficient (Wildman–Crippen LogP) is 17.1. The van der Waals surface area contributed by atoms with E-state index in [0.29, 0.717) is 0 Å². The van der Waals surface area contributed by atoms with Crippen molar-refractivity contribution in [3.05, 3.63) is 231 Å². The molecule has 0 N–H and O–H groups in total. The first-order chi connectivity index (χ1) is 31.7. The molecule has 300 valence electrons. The van der Waals surface area contributed by atoms with Gasteiger partial charge in [0.1, 0.15) is 22.3 Å². The molecular formula is C60H38N2O2. The second-order valence-corrected chi connectivity index (χ2v) is 16.5. The lowest BCUT2D eigenvalue weighted by molar-refractivity contribution is 0.668. The number of fused-ring (bicyclic) bond motifs is 9. The molecule has 4 heteroatoms. The van der Waals surface area contributed by atoms with E-state index in [0.717, 1.165) is 100 Å². The Morgan fingerprint density at radius 2 is 0.719 bits per heavy atom. The molecular weight excluding hydrogens is 781 g/mol. The average molecular weight is 819 g/mol. The molecule has 13 rings (SSSR count). The minimum absolute atomic E-state index is 0.891. The molecule has 64 heavy (non-hydrogen) atoms. The van der Waals surface area contributed by atoms with E-state index in [1.165, 1.54) is 21.8 Å². The number of benzene rings is 10. The fraction of sp³-hybridized carbons (Fsp3) is 0. The average Bonchev–Trinajstić information content (AvgIpc) is 4.04. The highest BCUT2D eigenvalue weighted by Gasteiger charge is 2.18. The number of furan rings is 2. The van der Waals surface area contributed by atoms with Crippen LogP contribution in [-0.2, 0) is 0 Å². The van der Waals surface area contributed by atoms with Gasteiger partial charge in [-0.25, -0.2) is 0 Å². The van der Waals surface area contributed by atoms with Gasteiger partial charge in [0.15, 0.2) is 0 Å². The molecule has 0 amide bonds. The Balaban J connectivity index is 0.935. The second kappa shape index (κ2) is 14.5. The van der Waals surface area contributed by atoms with E-state index in [4.69, 9.17) is 8.83 Å². The van der Waals surface area contributed by atoms with Crippen LogP contribution in [0.1, 0.15) is 0 Å². The van der Waals surface area contributed by atoms with Crippen molar-refractivity contribution in [2.45, 2.75) is 0 Å². The Morgan fingerprint density at radius 3 is 1.34 bits per heavy atom. The summed E-state index contributed by atoms with van der Waals surface area (Å²) in [7, 11) is 0. The van der Waals surface area contributed by atoms with Crippen LogP contribution in [0.25, 0.3) is 105 Å². The maximum atomic E-state index is 6.20. The third kappa shape index (κ3) is 5.92. The minimum Gasteiger partial charge on any atom is -0.456 e. The van der Waals surface area contributed by atoms with Gasteiger partial charge in [-0.15, -0.1) is 0 Å². The topological polar surface area (TPSA) is 34.5 Å². The van der Waals surface area contributed by atoms with Crippen LogP contribution in [0.15, 0.2) is 239 Å². The normalized spacial score (nSPS) is 11.8. The Hall–Kier alpha value is -8.60. The van der Waals surface area contributed by atoms with E-state index < -0.39 is 0 Å². The van der Waals surface area contributed by atoms with Crippen LogP contribution in [0.2, 0.25) is 0 Å². The number of hydrogen-bond donors (Lipinski definition) is 0. The summed E-state index contributed by atoms with van der Waals surface area (Å²) < 4.78 is 14.7. The van der Waals surface area contributed by atoms with Gasteiger partial charge in [0.05, 0.1) is 11.0 Å². The summed E-state index contributed by atoms with van der Waals surface area (Å²) in [6.07, 6.45) is 0. The fourth-order valence-electron chi connectivity index (χ4n) is 9.72. The van der Waals surface area contributed by atoms with E-state index in [2.05, 4.69) is 216 Å². The molecule has 13 aromatic rings. The maximum Gasteiger partial charge on any atom is 0.135 e. The van der Waals surface area contributed by atoms with Crippen molar-refractivity contribution in [1.82, 2.24) is 4.57 Å². The van der Waals surface area contributed by atoms with E-state index in [9.17, 15) is 0 Å². The molecule has 10 aromatic carbocycles. The van der Waals surface area contributed by atoms with Gasteiger partial charge in [-0.3, -0.25) is 0 Å². The Bertz CT molecular complexity index is 3910. The molecule has 0 aliphatic carbocycles. The van der Waals surface area contributed by atoms with Crippen LogP contribution in [0.5, 0.6) is 0 Å². The van der Waals surface area contributed by atoms with Crippen molar-refractivity contribution in [2.75, 3.05) is 4.90 Å². The van der Waals surface area contributed by atoms with Gasteiger partial charge in [-0.1, -0.05) is 127 Å². The van der Waals surface area contributed by atoms with Crippen molar-refractivity contribution in [3.63, 3.8) is 0 Å². The van der Waals surface area contributed by atoms with Crippen LogP contribution in [0, 0.1) is 0 Å². The molecule has 0 aliphatic rings. The zero-order chi connectivity index (χ0) is 42.1. The highest BCUT2D eigenvalue weighted by Crippen LogP contribution is 2.42. The number of para-hydroxylation sites is 4. The summed E-state index contributed by atoms with van der Waals surface area (Å²) in [5.41, 5.74) is 17.2. The number of nitrogens with zero attached hydrogens (tertiary/aromatic N) is 2. The maximum absolute atomic E-state index is 6.20. The molecule has 0 saturated heterocycles. The highest BCUT2D eigenvalue weighted by molar-refractivity contribution is 6.11. The lowest BCUT2D eigenvalue weighted by Gasteiger charge is -2.27. The van der Waals surface area contributed by atoms with Crippen LogP contribution < -0.4 is 4.90 Å². The zero-order valence-corrected chi connectivity index (χ0v) is 34.7. The van der Waals surface area contributed by atoms with Crippen molar-refractivity contribution in [3.8, 4) is 39.1 Å². The predicted molar refractivity (Wildman–Crippen MR) is 266 cm³/mol.